The first-order valence-corrected chi connectivity index (χ1v) is 7.26. The van der Waals surface area contributed by atoms with Crippen LogP contribution in [0.1, 0.15) is 30.1 Å². The smallest absolute Gasteiger partial charge is 0.262 e. The second-order valence-electron chi connectivity index (χ2n) is 5.51. The van der Waals surface area contributed by atoms with Gasteiger partial charge >= 0.3 is 0 Å². The van der Waals surface area contributed by atoms with Gasteiger partial charge in [0.15, 0.2) is 0 Å². The van der Waals surface area contributed by atoms with Gasteiger partial charge in [-0.2, -0.15) is 4.98 Å². The largest absolute Gasteiger partial charge is 0.493 e. The minimum absolute atomic E-state index is 0.156. The summed E-state index contributed by atoms with van der Waals surface area (Å²) in [6, 6.07) is 7.48. The summed E-state index contributed by atoms with van der Waals surface area (Å²) in [4.78, 5) is 19.5. The number of aromatic hydroxyl groups is 1. The van der Waals surface area contributed by atoms with Crippen LogP contribution in [-0.2, 0) is 0 Å². The van der Waals surface area contributed by atoms with Gasteiger partial charge in [0.2, 0.25) is 5.88 Å². The van der Waals surface area contributed by atoms with Crippen molar-refractivity contribution in [2.45, 2.75) is 25.7 Å². The van der Waals surface area contributed by atoms with Crippen molar-refractivity contribution in [1.82, 2.24) is 15.3 Å². The first-order chi connectivity index (χ1) is 10.2. The van der Waals surface area contributed by atoms with Crippen LogP contribution in [0.3, 0.4) is 0 Å². The van der Waals surface area contributed by atoms with Gasteiger partial charge in [-0.15, -0.1) is 0 Å². The van der Waals surface area contributed by atoms with Gasteiger partial charge in [-0.25, -0.2) is 0 Å². The van der Waals surface area contributed by atoms with Crippen LogP contribution in [0, 0.1) is 6.92 Å². The van der Waals surface area contributed by atoms with Crippen LogP contribution in [0.5, 0.6) is 5.88 Å². The van der Waals surface area contributed by atoms with E-state index in [1.54, 1.807) is 0 Å². The van der Waals surface area contributed by atoms with E-state index in [-0.39, 0.29) is 22.9 Å². The third-order valence-corrected chi connectivity index (χ3v) is 4.02. The number of hydrogen-bond donors (Lipinski definition) is 3. The predicted octanol–water partition coefficient (Wildman–Crippen LogP) is 1.92. The molecule has 1 aliphatic rings. The second kappa shape index (κ2) is 5.69. The molecule has 21 heavy (non-hydrogen) atoms. The van der Waals surface area contributed by atoms with Crippen molar-refractivity contribution < 1.29 is 5.11 Å². The molecule has 0 aliphatic carbocycles. The maximum atomic E-state index is 12.4. The highest BCUT2D eigenvalue weighted by atomic mass is 16.3. The van der Waals surface area contributed by atoms with Gasteiger partial charge in [0.25, 0.3) is 5.56 Å². The van der Waals surface area contributed by atoms with Crippen LogP contribution in [0.15, 0.2) is 29.1 Å². The van der Waals surface area contributed by atoms with Gasteiger partial charge in [0.05, 0.1) is 0 Å². The molecule has 2 aromatic rings. The summed E-state index contributed by atoms with van der Waals surface area (Å²) in [5.74, 6) is 0.541. The van der Waals surface area contributed by atoms with Crippen molar-refractivity contribution in [3.63, 3.8) is 0 Å². The van der Waals surface area contributed by atoms with Crippen LogP contribution in [0.2, 0.25) is 0 Å². The van der Waals surface area contributed by atoms with E-state index in [0.29, 0.717) is 5.82 Å². The molecule has 5 heteroatoms. The van der Waals surface area contributed by atoms with Gasteiger partial charge < -0.3 is 15.4 Å². The van der Waals surface area contributed by atoms with E-state index in [4.69, 9.17) is 0 Å². The lowest BCUT2D eigenvalue weighted by molar-refractivity contribution is 0.421. The molecule has 1 saturated heterocycles. The molecule has 0 spiro atoms. The third kappa shape index (κ3) is 2.69. The first kappa shape index (κ1) is 13.8. The van der Waals surface area contributed by atoms with Crippen molar-refractivity contribution in [1.29, 1.82) is 0 Å². The van der Waals surface area contributed by atoms with Crippen LogP contribution >= 0.6 is 0 Å². The molecule has 1 fully saturated rings. The summed E-state index contributed by atoms with van der Waals surface area (Å²) in [6.07, 6.45) is 2.02. The summed E-state index contributed by atoms with van der Waals surface area (Å²) in [5, 5.41) is 13.5. The fourth-order valence-electron chi connectivity index (χ4n) is 2.85. The van der Waals surface area contributed by atoms with Crippen LogP contribution < -0.4 is 10.9 Å². The Labute approximate surface area is 123 Å². The number of aromatic nitrogens is 2. The fourth-order valence-corrected chi connectivity index (χ4v) is 2.85. The molecule has 3 rings (SSSR count). The molecule has 1 unspecified atom stereocenters. The molecule has 1 atom stereocenters. The number of benzene rings is 1. The van der Waals surface area contributed by atoms with E-state index in [1.807, 2.05) is 31.2 Å². The van der Waals surface area contributed by atoms with Gasteiger partial charge in [0, 0.05) is 12.5 Å². The Kier molecular flexibility index (Phi) is 3.75. The number of rotatable bonds is 2. The Morgan fingerprint density at radius 3 is 2.81 bits per heavy atom. The Morgan fingerprint density at radius 2 is 2.14 bits per heavy atom. The molecule has 0 saturated carbocycles. The van der Waals surface area contributed by atoms with E-state index in [2.05, 4.69) is 15.3 Å². The fraction of sp³-hybridized carbons (Fsp3) is 0.375. The zero-order chi connectivity index (χ0) is 14.8. The zero-order valence-corrected chi connectivity index (χ0v) is 12.0. The Morgan fingerprint density at radius 1 is 1.33 bits per heavy atom. The lowest BCUT2D eigenvalue weighted by atomic mass is 9.98. The SMILES string of the molecule is Cc1ccccc1-c1c(O)nc(C2CCCNC2)[nH]c1=O. The lowest BCUT2D eigenvalue weighted by Crippen LogP contribution is -2.30. The van der Waals surface area contributed by atoms with Gasteiger partial charge in [-0.1, -0.05) is 24.3 Å². The summed E-state index contributed by atoms with van der Waals surface area (Å²) in [6.45, 7) is 3.69. The quantitative estimate of drug-likeness (QED) is 0.787. The highest BCUT2D eigenvalue weighted by Crippen LogP contribution is 2.28. The first-order valence-electron chi connectivity index (χ1n) is 7.26. The maximum Gasteiger partial charge on any atom is 0.262 e. The number of nitrogens with one attached hydrogen (secondary N) is 2. The molecule has 1 aromatic carbocycles. The van der Waals surface area contributed by atoms with Crippen LogP contribution in [-0.4, -0.2) is 28.2 Å². The van der Waals surface area contributed by atoms with Crippen molar-refractivity contribution in [3.8, 4) is 17.0 Å². The average Bonchev–Trinajstić information content (AvgIpc) is 2.49. The minimum atomic E-state index is -0.280. The molecule has 3 N–H and O–H groups in total. The zero-order valence-electron chi connectivity index (χ0n) is 12.0. The van der Waals surface area contributed by atoms with Crippen molar-refractivity contribution in [3.05, 3.63) is 46.0 Å². The summed E-state index contributed by atoms with van der Waals surface area (Å²) >= 11 is 0. The summed E-state index contributed by atoms with van der Waals surface area (Å²) in [7, 11) is 0. The molecule has 110 valence electrons. The van der Waals surface area contributed by atoms with Crippen molar-refractivity contribution in [2.24, 2.45) is 0 Å². The van der Waals surface area contributed by atoms with Gasteiger partial charge in [-0.05, 0) is 37.4 Å². The Hall–Kier alpha value is -2.14. The molecule has 2 heterocycles. The Balaban J connectivity index is 2.05. The van der Waals surface area contributed by atoms with Crippen molar-refractivity contribution in [2.75, 3.05) is 13.1 Å². The number of nitrogens with zero attached hydrogens (tertiary/aromatic N) is 1. The van der Waals surface area contributed by atoms with Gasteiger partial charge in [-0.3, -0.25) is 4.79 Å². The molecule has 0 radical (unpaired) electrons. The topological polar surface area (TPSA) is 78.0 Å². The van der Waals surface area contributed by atoms with Crippen LogP contribution in [0.4, 0.5) is 0 Å². The number of aryl methyl sites for hydroxylation is 1. The molecule has 0 amide bonds. The van der Waals surface area contributed by atoms with Crippen molar-refractivity contribution >= 4 is 0 Å². The summed E-state index contributed by atoms with van der Waals surface area (Å²) in [5.41, 5.74) is 1.63. The molecular weight excluding hydrogens is 266 g/mol. The van der Waals surface area contributed by atoms with E-state index in [0.717, 1.165) is 37.1 Å². The third-order valence-electron chi connectivity index (χ3n) is 4.02. The second-order valence-corrected chi connectivity index (χ2v) is 5.51. The standard InChI is InChI=1S/C16H19N3O2/c1-10-5-2-3-7-12(10)13-15(20)18-14(19-16(13)21)11-6-4-8-17-9-11/h2-3,5,7,11,17H,4,6,8-9H2,1H3,(H2,18,19,20,21). The molecular formula is C16H19N3O2. The Bertz CT molecular complexity index is 703. The molecule has 5 nitrogen and oxygen atoms in total. The highest BCUT2D eigenvalue weighted by Gasteiger charge is 2.21. The summed E-state index contributed by atoms with van der Waals surface area (Å²) < 4.78 is 0. The average molecular weight is 285 g/mol. The predicted molar refractivity (Wildman–Crippen MR) is 81.5 cm³/mol. The number of hydrogen-bond acceptors (Lipinski definition) is 4. The van der Waals surface area contributed by atoms with E-state index in [1.165, 1.54) is 0 Å². The molecule has 0 bridgehead atoms. The number of aromatic amines is 1. The van der Waals surface area contributed by atoms with Crippen LogP contribution in [0.25, 0.3) is 11.1 Å². The monoisotopic (exact) mass is 285 g/mol. The number of piperidine rings is 1. The molecule has 1 aliphatic heterocycles. The number of H-pyrrole nitrogens is 1. The van der Waals surface area contributed by atoms with E-state index in [9.17, 15) is 9.90 Å². The minimum Gasteiger partial charge on any atom is -0.493 e. The van der Waals surface area contributed by atoms with Gasteiger partial charge in [0.1, 0.15) is 11.4 Å². The van der Waals surface area contributed by atoms with E-state index >= 15 is 0 Å². The lowest BCUT2D eigenvalue weighted by Gasteiger charge is -2.22. The highest BCUT2D eigenvalue weighted by molar-refractivity contribution is 5.70. The van der Waals surface area contributed by atoms with E-state index < -0.39 is 0 Å². The molecule has 1 aromatic heterocycles. The maximum absolute atomic E-state index is 12.4. The normalized spacial score (nSPS) is 18.6.